The average molecular weight is 372 g/mol. The summed E-state index contributed by atoms with van der Waals surface area (Å²) in [4.78, 5) is 8.20. The maximum atomic E-state index is 5.10. The normalized spacial score (nSPS) is 18.3. The number of thiazole rings is 1. The second-order valence-electron chi connectivity index (χ2n) is 7.11. The number of aromatic nitrogens is 3. The van der Waals surface area contributed by atoms with Gasteiger partial charge in [0.15, 0.2) is 5.13 Å². The van der Waals surface area contributed by atoms with E-state index in [9.17, 15) is 0 Å². The van der Waals surface area contributed by atoms with Gasteiger partial charge in [0.05, 0.1) is 23.1 Å². The van der Waals surface area contributed by atoms with Crippen molar-refractivity contribution in [2.75, 3.05) is 25.5 Å². The molecule has 1 atom stereocenters. The van der Waals surface area contributed by atoms with Gasteiger partial charge in [-0.2, -0.15) is 5.10 Å². The summed E-state index contributed by atoms with van der Waals surface area (Å²) in [6.07, 6.45) is 8.11. The molecule has 3 aromatic heterocycles. The molecule has 4 heterocycles. The first kappa shape index (κ1) is 17.3. The van der Waals surface area contributed by atoms with Crippen LogP contribution in [0.15, 0.2) is 35.3 Å². The molecule has 1 N–H and O–H groups in total. The van der Waals surface area contributed by atoms with Gasteiger partial charge in [-0.1, -0.05) is 11.3 Å². The summed E-state index contributed by atoms with van der Waals surface area (Å²) in [6, 6.07) is 4.06. The molecule has 0 saturated carbocycles. The zero-order valence-corrected chi connectivity index (χ0v) is 16.1. The lowest BCUT2D eigenvalue weighted by Gasteiger charge is -2.29. The summed E-state index contributed by atoms with van der Waals surface area (Å²) < 4.78 is 7.19. The fourth-order valence-corrected chi connectivity index (χ4v) is 4.48. The van der Waals surface area contributed by atoms with E-state index in [2.05, 4.69) is 39.2 Å². The number of hydrogen-bond acceptors (Lipinski definition) is 6. The molecule has 0 aromatic carbocycles. The van der Waals surface area contributed by atoms with Gasteiger partial charge >= 0.3 is 0 Å². The van der Waals surface area contributed by atoms with Crippen LogP contribution in [0.4, 0.5) is 5.13 Å². The lowest BCUT2D eigenvalue weighted by molar-refractivity contribution is 0.191. The van der Waals surface area contributed by atoms with Crippen LogP contribution >= 0.6 is 11.3 Å². The summed E-state index contributed by atoms with van der Waals surface area (Å²) in [6.45, 7) is 6.14. The molecule has 0 radical (unpaired) electrons. The quantitative estimate of drug-likeness (QED) is 0.713. The van der Waals surface area contributed by atoms with Crippen LogP contribution < -0.4 is 5.32 Å². The van der Waals surface area contributed by atoms with Gasteiger partial charge in [-0.15, -0.1) is 0 Å². The molecule has 7 heteroatoms. The maximum Gasteiger partial charge on any atom is 0.183 e. The highest BCUT2D eigenvalue weighted by Crippen LogP contribution is 2.32. The van der Waals surface area contributed by atoms with E-state index in [1.807, 2.05) is 13.0 Å². The smallest absolute Gasteiger partial charge is 0.183 e. The molecular formula is C19H25N5OS. The highest BCUT2D eigenvalue weighted by atomic mass is 32.1. The van der Waals surface area contributed by atoms with Gasteiger partial charge in [-0.25, -0.2) is 4.98 Å². The van der Waals surface area contributed by atoms with Crippen molar-refractivity contribution in [1.82, 2.24) is 19.7 Å². The predicted octanol–water partition coefficient (Wildman–Crippen LogP) is 3.86. The number of anilines is 1. The minimum Gasteiger partial charge on any atom is -0.472 e. The van der Waals surface area contributed by atoms with E-state index < -0.39 is 0 Å². The summed E-state index contributed by atoms with van der Waals surface area (Å²) in [5.74, 6) is 0.691. The number of hydrogen-bond donors (Lipinski definition) is 1. The first-order valence-electron chi connectivity index (χ1n) is 9.12. The summed E-state index contributed by atoms with van der Waals surface area (Å²) >= 11 is 1.66. The van der Waals surface area contributed by atoms with E-state index in [4.69, 9.17) is 9.52 Å². The number of piperidine rings is 1. The van der Waals surface area contributed by atoms with Gasteiger partial charge in [0.25, 0.3) is 0 Å². The zero-order valence-electron chi connectivity index (χ0n) is 15.3. The zero-order chi connectivity index (χ0) is 17.9. The Kier molecular flexibility index (Phi) is 5.08. The van der Waals surface area contributed by atoms with Crippen LogP contribution in [0.1, 0.15) is 24.1 Å². The third-order valence-corrected chi connectivity index (χ3v) is 6.00. The molecular weight excluding hydrogens is 346 g/mol. The molecule has 138 valence electrons. The molecule has 1 unspecified atom stereocenters. The molecule has 26 heavy (non-hydrogen) atoms. The molecule has 6 nitrogen and oxygen atoms in total. The van der Waals surface area contributed by atoms with E-state index in [0.717, 1.165) is 40.0 Å². The van der Waals surface area contributed by atoms with Crippen LogP contribution in [0.5, 0.6) is 0 Å². The predicted molar refractivity (Wildman–Crippen MR) is 104 cm³/mol. The highest BCUT2D eigenvalue weighted by molar-refractivity contribution is 7.19. The van der Waals surface area contributed by atoms with E-state index in [1.165, 1.54) is 19.4 Å². The van der Waals surface area contributed by atoms with Gasteiger partial charge < -0.3 is 14.6 Å². The average Bonchev–Trinajstić information content (AvgIpc) is 3.34. The van der Waals surface area contributed by atoms with Gasteiger partial charge in [0.1, 0.15) is 5.69 Å². The fraction of sp³-hybridized carbons (Fsp3) is 0.474. The molecule has 4 rings (SSSR count). The minimum absolute atomic E-state index is 0.691. The maximum absolute atomic E-state index is 5.10. The van der Waals surface area contributed by atoms with Crippen molar-refractivity contribution in [2.45, 2.75) is 32.9 Å². The van der Waals surface area contributed by atoms with E-state index in [0.29, 0.717) is 12.5 Å². The Labute approximate surface area is 157 Å². The Hall–Kier alpha value is -2.12. The SMILES string of the molecule is Cc1nc(NCc2ccoc2)sc1-c1ccn(CC2CCCN(C)C2)n1. The number of furan rings is 1. The molecule has 3 aromatic rings. The summed E-state index contributed by atoms with van der Waals surface area (Å²) in [5, 5.41) is 9.09. The first-order chi connectivity index (χ1) is 12.7. The number of nitrogens with one attached hydrogen (secondary N) is 1. The van der Waals surface area contributed by atoms with Crippen molar-refractivity contribution in [3.05, 3.63) is 42.1 Å². The van der Waals surface area contributed by atoms with Crippen LogP contribution in [-0.4, -0.2) is 39.8 Å². The Balaban J connectivity index is 1.42. The second kappa shape index (κ2) is 7.63. The lowest BCUT2D eigenvalue weighted by Crippen LogP contribution is -2.34. The van der Waals surface area contributed by atoms with Crippen molar-refractivity contribution in [1.29, 1.82) is 0 Å². The Morgan fingerprint density at radius 1 is 1.38 bits per heavy atom. The topological polar surface area (TPSA) is 59.1 Å². The molecule has 1 fully saturated rings. The molecule has 0 bridgehead atoms. The molecule has 0 amide bonds. The van der Waals surface area contributed by atoms with E-state index in [-0.39, 0.29) is 0 Å². The Morgan fingerprint density at radius 3 is 3.12 bits per heavy atom. The number of rotatable bonds is 6. The third kappa shape index (κ3) is 3.99. The van der Waals surface area contributed by atoms with Gasteiger partial charge in [-0.3, -0.25) is 4.68 Å². The van der Waals surface area contributed by atoms with Crippen molar-refractivity contribution in [2.24, 2.45) is 5.92 Å². The highest BCUT2D eigenvalue weighted by Gasteiger charge is 2.19. The number of aryl methyl sites for hydroxylation is 1. The van der Waals surface area contributed by atoms with Crippen LogP contribution in [0.3, 0.4) is 0 Å². The fourth-order valence-electron chi connectivity index (χ4n) is 3.55. The summed E-state index contributed by atoms with van der Waals surface area (Å²) in [7, 11) is 2.21. The van der Waals surface area contributed by atoms with Crippen molar-refractivity contribution >= 4 is 16.5 Å². The lowest BCUT2D eigenvalue weighted by atomic mass is 9.99. The second-order valence-corrected chi connectivity index (χ2v) is 8.11. The molecule has 0 spiro atoms. The standard InChI is InChI=1S/C19H25N5OS/c1-14-18(26-19(21-14)20-10-15-6-9-25-13-15)17-5-8-24(22-17)12-16-4-3-7-23(2)11-16/h5-6,8-9,13,16H,3-4,7,10-12H2,1-2H3,(H,20,21). The van der Waals surface area contributed by atoms with Crippen molar-refractivity contribution < 1.29 is 4.42 Å². The molecule has 1 aliphatic rings. The van der Waals surface area contributed by atoms with Crippen molar-refractivity contribution in [3.63, 3.8) is 0 Å². The Morgan fingerprint density at radius 2 is 2.31 bits per heavy atom. The Bertz CT molecular complexity index is 838. The van der Waals surface area contributed by atoms with Gasteiger partial charge in [0, 0.05) is 31.4 Å². The molecule has 1 aliphatic heterocycles. The number of likely N-dealkylation sites (tertiary alicyclic amines) is 1. The van der Waals surface area contributed by atoms with Gasteiger partial charge in [0.2, 0.25) is 0 Å². The monoisotopic (exact) mass is 371 g/mol. The van der Waals surface area contributed by atoms with E-state index >= 15 is 0 Å². The largest absolute Gasteiger partial charge is 0.472 e. The minimum atomic E-state index is 0.691. The third-order valence-electron chi connectivity index (χ3n) is 4.86. The van der Waals surface area contributed by atoms with Crippen LogP contribution in [-0.2, 0) is 13.1 Å². The first-order valence-corrected chi connectivity index (χ1v) is 9.94. The van der Waals surface area contributed by atoms with Gasteiger partial charge in [-0.05, 0) is 51.4 Å². The molecule has 1 saturated heterocycles. The van der Waals surface area contributed by atoms with E-state index in [1.54, 1.807) is 23.9 Å². The summed E-state index contributed by atoms with van der Waals surface area (Å²) in [5.41, 5.74) is 3.15. The molecule has 0 aliphatic carbocycles. The van der Waals surface area contributed by atoms with Crippen LogP contribution in [0.25, 0.3) is 10.6 Å². The van der Waals surface area contributed by atoms with Crippen LogP contribution in [0, 0.1) is 12.8 Å². The number of nitrogens with zero attached hydrogens (tertiary/aromatic N) is 4. The van der Waals surface area contributed by atoms with Crippen LogP contribution in [0.2, 0.25) is 0 Å². The van der Waals surface area contributed by atoms with Crippen molar-refractivity contribution in [3.8, 4) is 10.6 Å².